The Hall–Kier alpha value is -3.44. The number of amides is 1. The Kier molecular flexibility index (Phi) is 5.08. The van der Waals surface area contributed by atoms with E-state index in [4.69, 9.17) is 4.74 Å². The van der Waals surface area contributed by atoms with Crippen LogP contribution >= 0.6 is 11.8 Å². The van der Waals surface area contributed by atoms with Crippen LogP contribution in [0.2, 0.25) is 0 Å². The van der Waals surface area contributed by atoms with Gasteiger partial charge in [-0.25, -0.2) is 13.2 Å². The number of hydrogen-bond donors (Lipinski definition) is 1. The Bertz CT molecular complexity index is 1450. The summed E-state index contributed by atoms with van der Waals surface area (Å²) in [5.74, 6) is -3.67. The maximum atomic E-state index is 15.1. The van der Waals surface area contributed by atoms with Crippen LogP contribution in [0.15, 0.2) is 52.3 Å². The number of rotatable bonds is 1. The molecule has 0 saturated carbocycles. The zero-order chi connectivity index (χ0) is 24.4. The average Bonchev–Trinajstić information content (AvgIpc) is 3.01. The van der Waals surface area contributed by atoms with E-state index < -0.39 is 46.7 Å². The SMILES string of the molecule is O=C1c2c(O)c(=O)ccn2N([C@@H]2c3ccc(F)cc3SCc3c2ccc(F)c3F)[C@@H]2COCCN12. The van der Waals surface area contributed by atoms with Crippen LogP contribution in [-0.2, 0) is 10.5 Å². The molecule has 1 saturated heterocycles. The third-order valence-electron chi connectivity index (χ3n) is 6.61. The molecule has 1 N–H and O–H groups in total. The van der Waals surface area contributed by atoms with Gasteiger partial charge in [-0.05, 0) is 29.3 Å². The van der Waals surface area contributed by atoms with Crippen LogP contribution in [0.3, 0.4) is 0 Å². The smallest absolute Gasteiger partial charge is 0.278 e. The lowest BCUT2D eigenvalue weighted by molar-refractivity contribution is -0.0197. The maximum absolute atomic E-state index is 15.1. The van der Waals surface area contributed by atoms with Crippen molar-refractivity contribution < 1.29 is 27.8 Å². The molecule has 6 rings (SSSR count). The van der Waals surface area contributed by atoms with Gasteiger partial charge in [-0.2, -0.15) is 0 Å². The highest BCUT2D eigenvalue weighted by atomic mass is 32.2. The summed E-state index contributed by atoms with van der Waals surface area (Å²) < 4.78 is 50.6. The van der Waals surface area contributed by atoms with Crippen molar-refractivity contribution in [3.63, 3.8) is 0 Å². The predicted molar refractivity (Wildman–Crippen MR) is 120 cm³/mol. The largest absolute Gasteiger partial charge is 0.502 e. The first-order valence-electron chi connectivity index (χ1n) is 10.9. The van der Waals surface area contributed by atoms with Gasteiger partial charge in [0.25, 0.3) is 5.91 Å². The summed E-state index contributed by atoms with van der Waals surface area (Å²) in [6.45, 7) is 0.550. The minimum absolute atomic E-state index is 0.0613. The zero-order valence-corrected chi connectivity index (χ0v) is 18.9. The van der Waals surface area contributed by atoms with E-state index in [0.29, 0.717) is 16.0 Å². The molecule has 4 heterocycles. The van der Waals surface area contributed by atoms with Gasteiger partial charge in [-0.3, -0.25) is 19.3 Å². The van der Waals surface area contributed by atoms with Crippen molar-refractivity contribution >= 4 is 17.7 Å². The molecule has 1 fully saturated rings. The lowest BCUT2D eigenvalue weighted by Crippen LogP contribution is -2.66. The third kappa shape index (κ3) is 3.25. The molecule has 0 radical (unpaired) electrons. The number of halogens is 3. The van der Waals surface area contributed by atoms with Crippen molar-refractivity contribution in [1.29, 1.82) is 0 Å². The number of pyridine rings is 1. The first kappa shape index (κ1) is 22.1. The topological polar surface area (TPSA) is 75.0 Å². The number of aromatic nitrogens is 1. The lowest BCUT2D eigenvalue weighted by atomic mass is 9.93. The fourth-order valence-corrected chi connectivity index (χ4v) is 6.14. The number of hydrogen-bond acceptors (Lipinski definition) is 6. The van der Waals surface area contributed by atoms with E-state index in [1.807, 2.05) is 0 Å². The molecule has 7 nitrogen and oxygen atoms in total. The second-order valence-corrected chi connectivity index (χ2v) is 9.48. The van der Waals surface area contributed by atoms with Gasteiger partial charge in [-0.1, -0.05) is 12.1 Å². The van der Waals surface area contributed by atoms with Crippen molar-refractivity contribution in [1.82, 2.24) is 9.58 Å². The second-order valence-electron chi connectivity index (χ2n) is 8.46. The normalized spacial score (nSPS) is 21.1. The van der Waals surface area contributed by atoms with Crippen LogP contribution in [0.5, 0.6) is 5.75 Å². The molecule has 11 heteroatoms. The number of fused-ring (bicyclic) bond motifs is 4. The molecule has 0 unspecified atom stereocenters. The Morgan fingerprint density at radius 3 is 2.69 bits per heavy atom. The molecule has 1 aromatic heterocycles. The molecule has 3 aliphatic heterocycles. The van der Waals surface area contributed by atoms with Crippen molar-refractivity contribution in [3.05, 3.63) is 92.7 Å². The van der Waals surface area contributed by atoms with Crippen LogP contribution in [0.25, 0.3) is 0 Å². The molecule has 0 spiro atoms. The van der Waals surface area contributed by atoms with E-state index >= 15 is 4.39 Å². The summed E-state index contributed by atoms with van der Waals surface area (Å²) in [6, 6.07) is 7.01. The molecular weight excluding hydrogens is 483 g/mol. The van der Waals surface area contributed by atoms with Gasteiger partial charge < -0.3 is 14.7 Å². The van der Waals surface area contributed by atoms with Crippen LogP contribution in [-0.4, -0.2) is 46.5 Å². The number of carbonyl (C=O) groups is 1. The van der Waals surface area contributed by atoms with Gasteiger partial charge in [0.05, 0.1) is 19.3 Å². The molecule has 2 atom stereocenters. The van der Waals surface area contributed by atoms with Gasteiger partial charge in [0.15, 0.2) is 23.1 Å². The highest BCUT2D eigenvalue weighted by molar-refractivity contribution is 7.98. The summed E-state index contributed by atoms with van der Waals surface area (Å²) in [5, 5.41) is 12.3. The number of aromatic hydroxyl groups is 1. The number of carbonyl (C=O) groups excluding carboxylic acids is 1. The quantitative estimate of drug-likeness (QED) is 0.553. The van der Waals surface area contributed by atoms with Crippen LogP contribution in [0.1, 0.15) is 33.2 Å². The number of ether oxygens (including phenoxy) is 1. The molecule has 3 aromatic rings. The highest BCUT2D eigenvalue weighted by Crippen LogP contribution is 2.45. The number of morpholine rings is 1. The Morgan fingerprint density at radius 2 is 1.86 bits per heavy atom. The number of nitrogens with zero attached hydrogens (tertiary/aromatic N) is 3. The summed E-state index contributed by atoms with van der Waals surface area (Å²) in [6.07, 6.45) is 0.666. The summed E-state index contributed by atoms with van der Waals surface area (Å²) in [4.78, 5) is 27.6. The molecule has 35 heavy (non-hydrogen) atoms. The van der Waals surface area contributed by atoms with E-state index in [1.165, 1.54) is 45.7 Å². The van der Waals surface area contributed by atoms with Gasteiger partial charge in [0.2, 0.25) is 5.43 Å². The molecule has 3 aliphatic rings. The number of thioether (sulfide) groups is 1. The summed E-state index contributed by atoms with van der Waals surface area (Å²) >= 11 is 1.18. The van der Waals surface area contributed by atoms with Crippen molar-refractivity contribution in [2.75, 3.05) is 24.8 Å². The summed E-state index contributed by atoms with van der Waals surface area (Å²) in [5.41, 5.74) is 0.184. The van der Waals surface area contributed by atoms with Crippen molar-refractivity contribution in [2.24, 2.45) is 0 Å². The fraction of sp³-hybridized carbons (Fsp3) is 0.250. The molecule has 1 amide bonds. The molecule has 2 aromatic carbocycles. The maximum Gasteiger partial charge on any atom is 0.278 e. The van der Waals surface area contributed by atoms with Crippen LogP contribution < -0.4 is 10.4 Å². The third-order valence-corrected chi connectivity index (χ3v) is 7.71. The minimum atomic E-state index is -1.00. The monoisotopic (exact) mass is 501 g/mol. The van der Waals surface area contributed by atoms with Crippen molar-refractivity contribution in [2.45, 2.75) is 22.9 Å². The zero-order valence-electron chi connectivity index (χ0n) is 18.1. The Balaban J connectivity index is 1.68. The second kappa shape index (κ2) is 8.06. The van der Waals surface area contributed by atoms with E-state index in [2.05, 4.69) is 0 Å². The minimum Gasteiger partial charge on any atom is -0.502 e. The van der Waals surface area contributed by atoms with E-state index in [0.717, 1.165) is 12.1 Å². The summed E-state index contributed by atoms with van der Waals surface area (Å²) in [7, 11) is 0. The Labute approximate surface area is 201 Å². The molecular formula is C24H18F3N3O4S. The van der Waals surface area contributed by atoms with Gasteiger partial charge in [-0.15, -0.1) is 11.8 Å². The first-order chi connectivity index (χ1) is 16.9. The molecule has 0 aliphatic carbocycles. The van der Waals surface area contributed by atoms with Gasteiger partial charge >= 0.3 is 0 Å². The van der Waals surface area contributed by atoms with Gasteiger partial charge in [0, 0.05) is 35.0 Å². The fourth-order valence-electron chi connectivity index (χ4n) is 5.00. The predicted octanol–water partition coefficient (Wildman–Crippen LogP) is 3.12. The van der Waals surface area contributed by atoms with Crippen molar-refractivity contribution in [3.8, 4) is 5.75 Å². The van der Waals surface area contributed by atoms with Gasteiger partial charge in [0.1, 0.15) is 12.0 Å². The van der Waals surface area contributed by atoms with E-state index in [-0.39, 0.29) is 36.8 Å². The number of benzene rings is 2. The lowest BCUT2D eigenvalue weighted by Gasteiger charge is -2.51. The average molecular weight is 501 g/mol. The molecule has 0 bridgehead atoms. The highest BCUT2D eigenvalue weighted by Gasteiger charge is 2.46. The van der Waals surface area contributed by atoms with E-state index in [9.17, 15) is 23.5 Å². The first-order valence-corrected chi connectivity index (χ1v) is 11.9. The Morgan fingerprint density at radius 1 is 1.06 bits per heavy atom. The van der Waals surface area contributed by atoms with E-state index in [1.54, 1.807) is 11.1 Å². The molecule has 180 valence electrons. The standard InChI is InChI=1S/C24H18F3N3O4S/c25-12-1-2-14-18(9-12)35-11-15-13(3-4-16(26)20(15)27)21(14)30-19-10-34-8-7-28(19)24(33)22-23(32)17(31)5-6-29(22)30/h1-6,9,19,21,32H,7-8,10-11H2/t19-,21+/m1/s1. The van der Waals surface area contributed by atoms with Crippen LogP contribution in [0.4, 0.5) is 13.2 Å². The van der Waals surface area contributed by atoms with Crippen LogP contribution in [0, 0.1) is 17.5 Å².